The normalized spacial score (nSPS) is 23.9. The zero-order chi connectivity index (χ0) is 16.4. The Morgan fingerprint density at radius 2 is 1.81 bits per heavy atom. The van der Waals surface area contributed by atoms with Crippen LogP contribution in [-0.2, 0) is 19.4 Å². The highest BCUT2D eigenvalue weighted by Gasteiger charge is 2.38. The van der Waals surface area contributed by atoms with Gasteiger partial charge in [-0.25, -0.2) is 13.2 Å². The number of hydrogen-bond donors (Lipinski definition) is 1. The second-order valence-corrected chi connectivity index (χ2v) is 7.99. The van der Waals surface area contributed by atoms with Crippen molar-refractivity contribution in [3.8, 4) is 0 Å². The van der Waals surface area contributed by atoms with E-state index in [1.54, 1.807) is 19.9 Å². The van der Waals surface area contributed by atoms with Crippen molar-refractivity contribution in [3.63, 3.8) is 0 Å². The summed E-state index contributed by atoms with van der Waals surface area (Å²) in [7, 11) is -1.62. The molecule has 0 unspecified atom stereocenters. The lowest BCUT2D eigenvalue weighted by atomic mass is 9.74. The van der Waals surface area contributed by atoms with Gasteiger partial charge in [-0.2, -0.15) is 0 Å². The van der Waals surface area contributed by atoms with Gasteiger partial charge in [0.05, 0.1) is 0 Å². The van der Waals surface area contributed by atoms with Crippen LogP contribution in [0.3, 0.4) is 0 Å². The minimum absolute atomic E-state index is 0.0735. The average molecular weight is 317 g/mol. The van der Waals surface area contributed by atoms with E-state index in [9.17, 15) is 23.1 Å². The van der Waals surface area contributed by atoms with E-state index in [0.29, 0.717) is 12.8 Å². The van der Waals surface area contributed by atoms with Gasteiger partial charge >= 0.3 is 5.97 Å². The lowest BCUT2D eigenvalue weighted by molar-refractivity contribution is -0.154. The lowest BCUT2D eigenvalue weighted by Crippen LogP contribution is -2.49. The third-order valence-electron chi connectivity index (χ3n) is 3.77. The largest absolute Gasteiger partial charge is 0.480 e. The van der Waals surface area contributed by atoms with Crippen molar-refractivity contribution in [1.29, 1.82) is 0 Å². The Morgan fingerprint density at radius 1 is 1.29 bits per heavy atom. The summed E-state index contributed by atoms with van der Waals surface area (Å²) < 4.78 is 22.0. The van der Waals surface area contributed by atoms with Crippen molar-refractivity contribution in [2.24, 2.45) is 17.8 Å². The highest BCUT2D eigenvalue weighted by atomic mass is 32.2. The van der Waals surface area contributed by atoms with E-state index < -0.39 is 21.8 Å². The predicted octanol–water partition coefficient (Wildman–Crippen LogP) is 1.14. The molecule has 0 heterocycles. The Balaban J connectivity index is 2.60. The van der Waals surface area contributed by atoms with Crippen molar-refractivity contribution >= 4 is 21.7 Å². The molecule has 120 valence electrons. The van der Waals surface area contributed by atoms with E-state index in [-0.39, 0.29) is 23.7 Å². The van der Waals surface area contributed by atoms with Gasteiger partial charge in [0.2, 0.25) is 5.91 Å². The molecule has 0 radical (unpaired) electrons. The van der Waals surface area contributed by atoms with Crippen molar-refractivity contribution in [1.82, 2.24) is 4.90 Å². The Hall–Kier alpha value is -1.37. The summed E-state index contributed by atoms with van der Waals surface area (Å²) >= 11 is 0. The maximum atomic E-state index is 12.2. The molecular formula is C14H23NO5S. The van der Waals surface area contributed by atoms with E-state index in [4.69, 9.17) is 0 Å². The number of amides is 1. The summed E-state index contributed by atoms with van der Waals surface area (Å²) in [6.07, 6.45) is 3.87. The first-order chi connectivity index (χ1) is 9.53. The monoisotopic (exact) mass is 317 g/mol. The van der Waals surface area contributed by atoms with Crippen LogP contribution >= 0.6 is 0 Å². The third kappa shape index (κ3) is 4.84. The SMILES string of the molecule is CC(C)[C@@H](C(=O)O)N(C)C(=O)C1CC(/C=C/S(C)(=O)=O)C1. The number of carboxylic acids is 1. The number of carbonyl (C=O) groups is 2. The van der Waals surface area contributed by atoms with Crippen LogP contribution in [0.5, 0.6) is 0 Å². The fraction of sp³-hybridized carbons (Fsp3) is 0.714. The summed E-state index contributed by atoms with van der Waals surface area (Å²) in [5.74, 6) is -1.50. The molecule has 0 bridgehead atoms. The second-order valence-electron chi connectivity index (χ2n) is 6.06. The van der Waals surface area contributed by atoms with Gasteiger partial charge in [-0.15, -0.1) is 0 Å². The molecule has 0 aromatic rings. The minimum Gasteiger partial charge on any atom is -0.480 e. The van der Waals surface area contributed by atoms with Crippen molar-refractivity contribution in [2.75, 3.05) is 13.3 Å². The maximum Gasteiger partial charge on any atom is 0.326 e. The molecule has 1 saturated carbocycles. The minimum atomic E-state index is -3.14. The van der Waals surface area contributed by atoms with Crippen LogP contribution in [-0.4, -0.2) is 49.6 Å². The van der Waals surface area contributed by atoms with Crippen LogP contribution in [0.1, 0.15) is 26.7 Å². The molecule has 0 aliphatic heterocycles. The van der Waals surface area contributed by atoms with E-state index in [1.807, 2.05) is 0 Å². The smallest absolute Gasteiger partial charge is 0.326 e. The first kappa shape index (κ1) is 17.7. The van der Waals surface area contributed by atoms with E-state index in [1.165, 1.54) is 11.9 Å². The molecule has 7 heteroatoms. The number of allylic oxidation sites excluding steroid dienone is 1. The van der Waals surface area contributed by atoms with Gasteiger partial charge in [-0.3, -0.25) is 4.79 Å². The Bertz CT molecular complexity index is 532. The lowest BCUT2D eigenvalue weighted by Gasteiger charge is -2.37. The number of carbonyl (C=O) groups excluding carboxylic acids is 1. The van der Waals surface area contributed by atoms with Crippen molar-refractivity contribution < 1.29 is 23.1 Å². The summed E-state index contributed by atoms with van der Waals surface area (Å²) in [6, 6.07) is -0.830. The summed E-state index contributed by atoms with van der Waals surface area (Å²) in [5, 5.41) is 10.4. The molecule has 1 N–H and O–H groups in total. The molecule has 1 amide bonds. The molecule has 1 atom stereocenters. The Labute approximate surface area is 125 Å². The first-order valence-corrected chi connectivity index (χ1v) is 8.86. The van der Waals surface area contributed by atoms with Gasteiger partial charge in [0.1, 0.15) is 6.04 Å². The molecule has 21 heavy (non-hydrogen) atoms. The van der Waals surface area contributed by atoms with Crippen LogP contribution in [0.2, 0.25) is 0 Å². The van der Waals surface area contributed by atoms with Crippen LogP contribution in [0, 0.1) is 17.8 Å². The fourth-order valence-corrected chi connectivity index (χ4v) is 3.11. The number of sulfone groups is 1. The molecule has 1 aliphatic carbocycles. The number of likely N-dealkylation sites (N-methyl/N-ethyl adjacent to an activating group) is 1. The fourth-order valence-electron chi connectivity index (χ4n) is 2.60. The molecule has 0 aromatic carbocycles. The van der Waals surface area contributed by atoms with Gasteiger partial charge < -0.3 is 10.0 Å². The second kappa shape index (κ2) is 6.60. The Kier molecular flexibility index (Phi) is 5.55. The van der Waals surface area contributed by atoms with Crippen LogP contribution in [0.4, 0.5) is 0 Å². The van der Waals surface area contributed by atoms with Gasteiger partial charge in [-0.05, 0) is 24.7 Å². The number of hydrogen-bond acceptors (Lipinski definition) is 4. The topological polar surface area (TPSA) is 91.8 Å². The quantitative estimate of drug-likeness (QED) is 0.793. The van der Waals surface area contributed by atoms with Crippen LogP contribution < -0.4 is 0 Å². The summed E-state index contributed by atoms with van der Waals surface area (Å²) in [4.78, 5) is 24.8. The first-order valence-electron chi connectivity index (χ1n) is 6.90. The highest BCUT2D eigenvalue weighted by molar-refractivity contribution is 7.93. The van der Waals surface area contributed by atoms with Crippen molar-refractivity contribution in [3.05, 3.63) is 11.5 Å². The number of nitrogens with zero attached hydrogens (tertiary/aromatic N) is 1. The summed E-state index contributed by atoms with van der Waals surface area (Å²) in [6.45, 7) is 3.53. The van der Waals surface area contributed by atoms with Gasteiger partial charge in [-0.1, -0.05) is 19.9 Å². The number of carboxylic acid groups (broad SMARTS) is 1. The zero-order valence-corrected chi connectivity index (χ0v) is 13.6. The Morgan fingerprint density at radius 3 is 2.19 bits per heavy atom. The predicted molar refractivity (Wildman–Crippen MR) is 79.2 cm³/mol. The highest BCUT2D eigenvalue weighted by Crippen LogP contribution is 2.36. The maximum absolute atomic E-state index is 12.2. The zero-order valence-electron chi connectivity index (χ0n) is 12.8. The van der Waals surface area contributed by atoms with Crippen molar-refractivity contribution in [2.45, 2.75) is 32.7 Å². The molecular weight excluding hydrogens is 294 g/mol. The number of aliphatic carboxylic acids is 1. The standard InChI is InChI=1S/C14H23NO5S/c1-9(2)12(14(17)18)15(3)13(16)11-7-10(8-11)5-6-21(4,19)20/h5-6,9-12H,7-8H2,1-4H3,(H,17,18)/b6-5+/t10?,11?,12-/m0/s1. The van der Waals surface area contributed by atoms with Gasteiger partial charge in [0.15, 0.2) is 9.84 Å². The van der Waals surface area contributed by atoms with Crippen LogP contribution in [0.25, 0.3) is 0 Å². The van der Waals surface area contributed by atoms with Gasteiger partial charge in [0, 0.05) is 24.6 Å². The van der Waals surface area contributed by atoms with Gasteiger partial charge in [0.25, 0.3) is 0 Å². The van der Waals surface area contributed by atoms with E-state index in [2.05, 4.69) is 0 Å². The number of rotatable bonds is 6. The molecule has 6 nitrogen and oxygen atoms in total. The molecule has 0 aromatic heterocycles. The molecule has 0 saturated heterocycles. The molecule has 1 fully saturated rings. The van der Waals surface area contributed by atoms with Crippen LogP contribution in [0.15, 0.2) is 11.5 Å². The third-order valence-corrected chi connectivity index (χ3v) is 4.42. The van der Waals surface area contributed by atoms with E-state index >= 15 is 0 Å². The molecule has 0 spiro atoms. The average Bonchev–Trinajstić information content (AvgIpc) is 2.23. The molecule has 1 rings (SSSR count). The summed E-state index contributed by atoms with van der Waals surface area (Å²) in [5.41, 5.74) is 0. The van der Waals surface area contributed by atoms with E-state index in [0.717, 1.165) is 11.7 Å². The molecule has 1 aliphatic rings.